The maximum Gasteiger partial charge on any atom is 0.203 e. The van der Waals surface area contributed by atoms with E-state index in [0.717, 1.165) is 9.13 Å². The number of carbonyl (C=O) groups is 1. The van der Waals surface area contributed by atoms with Crippen molar-refractivity contribution < 1.29 is 4.79 Å². The standard InChI is InChI=1S/C12H7Cl2IOS/c1-6-4-10(17-12(6)14)11(16)7-2-3-9(15)8(13)5-7/h2-5H,1H3. The van der Waals surface area contributed by atoms with Gasteiger partial charge in [0, 0.05) is 9.13 Å². The normalized spacial score (nSPS) is 10.6. The van der Waals surface area contributed by atoms with Gasteiger partial charge in [-0.05, 0) is 59.3 Å². The van der Waals surface area contributed by atoms with Crippen LogP contribution in [-0.2, 0) is 0 Å². The zero-order valence-corrected chi connectivity index (χ0v) is 13.2. The molecule has 1 nitrogen and oxygen atoms in total. The van der Waals surface area contributed by atoms with Gasteiger partial charge in [-0.25, -0.2) is 0 Å². The molecule has 0 atom stereocenters. The molecule has 0 aliphatic heterocycles. The number of ketones is 1. The van der Waals surface area contributed by atoms with E-state index in [9.17, 15) is 4.79 Å². The molecule has 0 saturated carbocycles. The molecule has 2 rings (SSSR count). The molecule has 0 bridgehead atoms. The zero-order chi connectivity index (χ0) is 12.6. The first-order chi connectivity index (χ1) is 7.99. The summed E-state index contributed by atoms with van der Waals surface area (Å²) in [7, 11) is 0. The molecule has 0 spiro atoms. The van der Waals surface area contributed by atoms with Crippen molar-refractivity contribution in [3.05, 3.63) is 53.2 Å². The predicted octanol–water partition coefficient (Wildman–Crippen LogP) is 5.20. The number of benzene rings is 1. The molecule has 0 aliphatic carbocycles. The summed E-state index contributed by atoms with van der Waals surface area (Å²) >= 11 is 15.4. The second-order valence-electron chi connectivity index (χ2n) is 3.53. The largest absolute Gasteiger partial charge is 0.288 e. The third-order valence-corrected chi connectivity index (χ3v) is 5.39. The minimum absolute atomic E-state index is 0.0386. The average Bonchev–Trinajstić information content (AvgIpc) is 2.62. The number of hydrogen-bond donors (Lipinski definition) is 0. The van der Waals surface area contributed by atoms with Gasteiger partial charge < -0.3 is 0 Å². The summed E-state index contributed by atoms with van der Waals surface area (Å²) in [6, 6.07) is 7.10. The molecule has 0 N–H and O–H groups in total. The number of hydrogen-bond acceptors (Lipinski definition) is 2. The first-order valence-corrected chi connectivity index (χ1v) is 7.40. The Kier molecular flexibility index (Phi) is 4.13. The highest BCUT2D eigenvalue weighted by Gasteiger charge is 2.14. The van der Waals surface area contributed by atoms with Crippen LogP contribution in [0.3, 0.4) is 0 Å². The second-order valence-corrected chi connectivity index (χ2v) is 6.75. The van der Waals surface area contributed by atoms with E-state index in [4.69, 9.17) is 23.2 Å². The Hall–Kier alpha value is -0.1000. The molecule has 17 heavy (non-hydrogen) atoms. The summed E-state index contributed by atoms with van der Waals surface area (Å²) in [6.07, 6.45) is 0. The molecule has 0 radical (unpaired) electrons. The maximum atomic E-state index is 12.2. The van der Waals surface area contributed by atoms with Crippen molar-refractivity contribution in [1.29, 1.82) is 0 Å². The van der Waals surface area contributed by atoms with E-state index in [-0.39, 0.29) is 5.78 Å². The number of thiophene rings is 1. The maximum absolute atomic E-state index is 12.2. The number of rotatable bonds is 2. The van der Waals surface area contributed by atoms with Crippen molar-refractivity contribution in [2.24, 2.45) is 0 Å². The van der Waals surface area contributed by atoms with Gasteiger partial charge in [0.1, 0.15) is 0 Å². The Labute approximate surface area is 127 Å². The highest BCUT2D eigenvalue weighted by atomic mass is 127. The molecule has 1 heterocycles. The topological polar surface area (TPSA) is 17.1 Å². The highest BCUT2D eigenvalue weighted by molar-refractivity contribution is 14.1. The van der Waals surface area contributed by atoms with Crippen molar-refractivity contribution in [2.75, 3.05) is 0 Å². The molecule has 2 aromatic rings. The summed E-state index contributed by atoms with van der Waals surface area (Å²) in [5.41, 5.74) is 1.52. The monoisotopic (exact) mass is 396 g/mol. The Bertz CT molecular complexity index is 573. The minimum Gasteiger partial charge on any atom is -0.288 e. The first-order valence-electron chi connectivity index (χ1n) is 4.74. The van der Waals surface area contributed by atoms with E-state index >= 15 is 0 Å². The number of aryl methyl sites for hydroxylation is 1. The predicted molar refractivity (Wildman–Crippen MR) is 81.7 cm³/mol. The van der Waals surface area contributed by atoms with Crippen LogP contribution in [0.4, 0.5) is 0 Å². The molecule has 0 amide bonds. The van der Waals surface area contributed by atoms with E-state index in [1.807, 2.05) is 13.0 Å². The third kappa shape index (κ3) is 2.84. The van der Waals surface area contributed by atoms with Crippen molar-refractivity contribution >= 4 is 62.9 Å². The van der Waals surface area contributed by atoms with E-state index in [1.165, 1.54) is 11.3 Å². The van der Waals surface area contributed by atoms with Gasteiger partial charge in [0.25, 0.3) is 0 Å². The summed E-state index contributed by atoms with van der Waals surface area (Å²) in [6.45, 7) is 1.89. The van der Waals surface area contributed by atoms with Gasteiger partial charge in [-0.2, -0.15) is 0 Å². The van der Waals surface area contributed by atoms with Crippen LogP contribution in [0.5, 0.6) is 0 Å². The van der Waals surface area contributed by atoms with E-state index in [0.29, 0.717) is 19.8 Å². The molecular weight excluding hydrogens is 390 g/mol. The Morgan fingerprint density at radius 1 is 1.29 bits per heavy atom. The summed E-state index contributed by atoms with van der Waals surface area (Å²) < 4.78 is 1.59. The smallest absolute Gasteiger partial charge is 0.203 e. The lowest BCUT2D eigenvalue weighted by Gasteiger charge is -2.00. The molecule has 0 saturated heterocycles. The molecule has 5 heteroatoms. The zero-order valence-electron chi connectivity index (χ0n) is 8.76. The number of carbonyl (C=O) groups excluding carboxylic acids is 1. The molecule has 0 unspecified atom stereocenters. The molecular formula is C12H7Cl2IOS. The average molecular weight is 397 g/mol. The SMILES string of the molecule is Cc1cc(C(=O)c2ccc(I)c(Cl)c2)sc1Cl. The van der Waals surface area contributed by atoms with Gasteiger partial charge >= 0.3 is 0 Å². The van der Waals surface area contributed by atoms with Crippen LogP contribution in [0.15, 0.2) is 24.3 Å². The van der Waals surface area contributed by atoms with Crippen molar-refractivity contribution in [3.63, 3.8) is 0 Å². The van der Waals surface area contributed by atoms with Crippen molar-refractivity contribution in [1.82, 2.24) is 0 Å². The van der Waals surface area contributed by atoms with Crippen LogP contribution >= 0.6 is 57.1 Å². The lowest BCUT2D eigenvalue weighted by atomic mass is 10.1. The van der Waals surface area contributed by atoms with Gasteiger partial charge in [0.05, 0.1) is 14.2 Å². The Morgan fingerprint density at radius 2 is 2.00 bits per heavy atom. The Morgan fingerprint density at radius 3 is 2.53 bits per heavy atom. The highest BCUT2D eigenvalue weighted by Crippen LogP contribution is 2.29. The van der Waals surface area contributed by atoms with Gasteiger partial charge in [-0.1, -0.05) is 23.2 Å². The van der Waals surface area contributed by atoms with Crippen LogP contribution in [0.1, 0.15) is 20.8 Å². The van der Waals surface area contributed by atoms with Crippen LogP contribution in [-0.4, -0.2) is 5.78 Å². The second kappa shape index (κ2) is 5.26. The van der Waals surface area contributed by atoms with E-state index in [1.54, 1.807) is 18.2 Å². The van der Waals surface area contributed by atoms with Crippen molar-refractivity contribution in [3.8, 4) is 0 Å². The van der Waals surface area contributed by atoms with Crippen LogP contribution in [0, 0.1) is 10.5 Å². The lowest BCUT2D eigenvalue weighted by Crippen LogP contribution is -1.98. The fourth-order valence-corrected chi connectivity index (χ4v) is 3.03. The fraction of sp³-hybridized carbons (Fsp3) is 0.0833. The molecule has 88 valence electrons. The molecule has 1 aromatic heterocycles. The fourth-order valence-electron chi connectivity index (χ4n) is 1.35. The molecule has 0 aliphatic rings. The quantitative estimate of drug-likeness (QED) is 0.503. The van der Waals surface area contributed by atoms with Crippen molar-refractivity contribution in [2.45, 2.75) is 6.92 Å². The number of halogens is 3. The van der Waals surface area contributed by atoms with E-state index < -0.39 is 0 Å². The van der Waals surface area contributed by atoms with Gasteiger partial charge in [0.15, 0.2) is 0 Å². The summed E-state index contributed by atoms with van der Waals surface area (Å²) in [5.74, 6) is -0.0386. The van der Waals surface area contributed by atoms with Crippen LogP contribution in [0.2, 0.25) is 9.36 Å². The minimum atomic E-state index is -0.0386. The van der Waals surface area contributed by atoms with Crippen LogP contribution in [0.25, 0.3) is 0 Å². The van der Waals surface area contributed by atoms with Crippen LogP contribution < -0.4 is 0 Å². The van der Waals surface area contributed by atoms with Gasteiger partial charge in [-0.15, -0.1) is 11.3 Å². The summed E-state index contributed by atoms with van der Waals surface area (Å²) in [5, 5.41) is 0.593. The van der Waals surface area contributed by atoms with Gasteiger partial charge in [0.2, 0.25) is 5.78 Å². The molecule has 0 fully saturated rings. The van der Waals surface area contributed by atoms with E-state index in [2.05, 4.69) is 22.6 Å². The Balaban J connectivity index is 2.40. The van der Waals surface area contributed by atoms with Gasteiger partial charge in [-0.3, -0.25) is 4.79 Å². The lowest BCUT2D eigenvalue weighted by molar-refractivity contribution is 0.104. The first kappa shape index (κ1) is 13.3. The third-order valence-electron chi connectivity index (χ3n) is 2.26. The summed E-state index contributed by atoms with van der Waals surface area (Å²) in [4.78, 5) is 12.8. The molecule has 1 aromatic carbocycles.